The molecule has 110 valence electrons. The van der Waals surface area contributed by atoms with Gasteiger partial charge in [0.15, 0.2) is 5.17 Å². The van der Waals surface area contributed by atoms with E-state index in [-0.39, 0.29) is 0 Å². The van der Waals surface area contributed by atoms with Crippen LogP contribution in [-0.2, 0) is 0 Å². The van der Waals surface area contributed by atoms with Gasteiger partial charge in [-0.15, -0.1) is 0 Å². The highest BCUT2D eigenvalue weighted by Crippen LogP contribution is 2.26. The van der Waals surface area contributed by atoms with Crippen molar-refractivity contribution < 1.29 is 0 Å². The van der Waals surface area contributed by atoms with Crippen LogP contribution in [-0.4, -0.2) is 27.7 Å². The third-order valence-electron chi connectivity index (χ3n) is 3.58. The number of benzene rings is 1. The molecule has 0 bridgehead atoms. The molecule has 5 heteroatoms. The van der Waals surface area contributed by atoms with Crippen LogP contribution < -0.4 is 5.43 Å². The molecule has 0 saturated carbocycles. The number of unbranched alkanes of at least 4 members (excludes halogenated alkanes) is 1. The summed E-state index contributed by atoms with van der Waals surface area (Å²) in [5, 5.41) is 7.00. The molecule has 1 aromatic heterocycles. The second kappa shape index (κ2) is 6.35. The van der Waals surface area contributed by atoms with E-state index < -0.39 is 0 Å². The SMILES string of the molecule is CCCCN=C1NN=C(c2c[nH]c3ccccc23)[C@@H](C)S1. The van der Waals surface area contributed by atoms with Gasteiger partial charge in [-0.25, -0.2) is 0 Å². The van der Waals surface area contributed by atoms with Gasteiger partial charge in [0.05, 0.1) is 11.0 Å². The molecule has 2 aromatic rings. The van der Waals surface area contributed by atoms with E-state index in [1.54, 1.807) is 11.8 Å². The first-order valence-corrected chi connectivity index (χ1v) is 8.28. The van der Waals surface area contributed by atoms with Crippen molar-refractivity contribution in [3.63, 3.8) is 0 Å². The predicted molar refractivity (Wildman–Crippen MR) is 92.2 cm³/mol. The zero-order valence-electron chi connectivity index (χ0n) is 12.4. The van der Waals surface area contributed by atoms with Crippen molar-refractivity contribution in [2.24, 2.45) is 10.1 Å². The zero-order chi connectivity index (χ0) is 14.7. The van der Waals surface area contributed by atoms with Crippen molar-refractivity contribution in [2.45, 2.75) is 31.9 Å². The Bertz CT molecular complexity index is 686. The van der Waals surface area contributed by atoms with Gasteiger partial charge in [-0.2, -0.15) is 5.10 Å². The first kappa shape index (κ1) is 14.2. The Morgan fingerprint density at radius 2 is 2.19 bits per heavy atom. The third-order valence-corrected chi connectivity index (χ3v) is 4.60. The number of para-hydroxylation sites is 1. The number of amidine groups is 1. The monoisotopic (exact) mass is 300 g/mol. The number of hydrogen-bond acceptors (Lipinski definition) is 3. The van der Waals surface area contributed by atoms with E-state index in [2.05, 4.69) is 52.6 Å². The average molecular weight is 300 g/mol. The highest BCUT2D eigenvalue weighted by molar-refractivity contribution is 8.15. The predicted octanol–water partition coefficient (Wildman–Crippen LogP) is 3.75. The molecule has 0 saturated heterocycles. The number of nitrogens with one attached hydrogen (secondary N) is 2. The Morgan fingerprint density at radius 3 is 3.00 bits per heavy atom. The lowest BCUT2D eigenvalue weighted by Crippen LogP contribution is -2.31. The summed E-state index contributed by atoms with van der Waals surface area (Å²) in [6.07, 6.45) is 4.33. The fourth-order valence-electron chi connectivity index (χ4n) is 2.42. The smallest absolute Gasteiger partial charge is 0.177 e. The van der Waals surface area contributed by atoms with E-state index in [9.17, 15) is 0 Å². The summed E-state index contributed by atoms with van der Waals surface area (Å²) in [6, 6.07) is 8.32. The van der Waals surface area contributed by atoms with Gasteiger partial charge < -0.3 is 4.98 Å². The number of rotatable bonds is 4. The summed E-state index contributed by atoms with van der Waals surface area (Å²) in [5.74, 6) is 0. The fraction of sp³-hybridized carbons (Fsp3) is 0.375. The van der Waals surface area contributed by atoms with Gasteiger partial charge in [0.25, 0.3) is 0 Å². The second-order valence-corrected chi connectivity index (χ2v) is 6.49. The second-order valence-electron chi connectivity index (χ2n) is 5.16. The summed E-state index contributed by atoms with van der Waals surface area (Å²) in [5.41, 5.74) is 6.49. The van der Waals surface area contributed by atoms with E-state index in [0.717, 1.165) is 29.4 Å². The zero-order valence-corrected chi connectivity index (χ0v) is 13.2. The summed E-state index contributed by atoms with van der Waals surface area (Å²) < 4.78 is 0. The van der Waals surface area contributed by atoms with E-state index in [1.807, 2.05) is 12.3 Å². The topological polar surface area (TPSA) is 52.5 Å². The lowest BCUT2D eigenvalue weighted by atomic mass is 10.1. The van der Waals surface area contributed by atoms with Crippen molar-refractivity contribution in [2.75, 3.05) is 6.54 Å². The molecule has 0 fully saturated rings. The average Bonchev–Trinajstić information content (AvgIpc) is 2.92. The van der Waals surface area contributed by atoms with E-state index >= 15 is 0 Å². The number of aromatic amines is 1. The Balaban J connectivity index is 1.85. The Morgan fingerprint density at radius 1 is 1.33 bits per heavy atom. The molecule has 21 heavy (non-hydrogen) atoms. The molecule has 0 unspecified atom stereocenters. The standard InChI is InChI=1S/C16H20N4S/c1-3-4-9-17-16-20-19-15(11(2)21-16)13-10-18-14-8-6-5-7-12(13)14/h5-8,10-11,18H,3-4,9H2,1-2H3,(H,17,20)/t11-/m1/s1. The molecule has 1 atom stereocenters. The van der Waals surface area contributed by atoms with Crippen LogP contribution >= 0.6 is 11.8 Å². The van der Waals surface area contributed by atoms with Gasteiger partial charge in [-0.05, 0) is 19.4 Å². The van der Waals surface area contributed by atoms with E-state index in [4.69, 9.17) is 0 Å². The molecular formula is C16H20N4S. The summed E-state index contributed by atoms with van der Waals surface area (Å²) in [4.78, 5) is 7.87. The lowest BCUT2D eigenvalue weighted by molar-refractivity contribution is 0.804. The number of fused-ring (bicyclic) bond motifs is 1. The molecule has 4 nitrogen and oxygen atoms in total. The van der Waals surface area contributed by atoms with Crippen molar-refractivity contribution >= 4 is 33.5 Å². The summed E-state index contributed by atoms with van der Waals surface area (Å²) in [6.45, 7) is 5.23. The maximum Gasteiger partial charge on any atom is 0.177 e. The van der Waals surface area contributed by atoms with Crippen LogP contribution in [0.15, 0.2) is 40.6 Å². The number of hydrogen-bond donors (Lipinski definition) is 2. The Kier molecular flexibility index (Phi) is 4.29. The van der Waals surface area contributed by atoms with Crippen LogP contribution in [0.1, 0.15) is 32.3 Å². The van der Waals surface area contributed by atoms with Crippen LogP contribution in [0.4, 0.5) is 0 Å². The number of thioether (sulfide) groups is 1. The minimum Gasteiger partial charge on any atom is -0.360 e. The molecule has 0 radical (unpaired) electrons. The van der Waals surface area contributed by atoms with Gasteiger partial charge >= 0.3 is 0 Å². The van der Waals surface area contributed by atoms with E-state index in [1.165, 1.54) is 17.4 Å². The quantitative estimate of drug-likeness (QED) is 0.845. The molecule has 3 rings (SSSR count). The molecule has 1 aromatic carbocycles. The number of aromatic nitrogens is 1. The highest BCUT2D eigenvalue weighted by atomic mass is 32.2. The molecule has 2 heterocycles. The molecular weight excluding hydrogens is 280 g/mol. The highest BCUT2D eigenvalue weighted by Gasteiger charge is 2.23. The van der Waals surface area contributed by atoms with Gasteiger partial charge in [-0.3, -0.25) is 10.4 Å². The fourth-order valence-corrected chi connectivity index (χ4v) is 3.31. The Hall–Kier alpha value is -1.75. The van der Waals surface area contributed by atoms with Gasteiger partial charge in [0.2, 0.25) is 0 Å². The van der Waals surface area contributed by atoms with Crippen molar-refractivity contribution in [3.05, 3.63) is 36.0 Å². The maximum atomic E-state index is 4.56. The lowest BCUT2D eigenvalue weighted by Gasteiger charge is -2.20. The van der Waals surface area contributed by atoms with Crippen LogP contribution in [0.2, 0.25) is 0 Å². The van der Waals surface area contributed by atoms with Gasteiger partial charge in [0, 0.05) is 29.2 Å². The maximum absolute atomic E-state index is 4.56. The van der Waals surface area contributed by atoms with E-state index in [0.29, 0.717) is 5.25 Å². The third kappa shape index (κ3) is 2.97. The van der Waals surface area contributed by atoms with Crippen LogP contribution in [0.25, 0.3) is 10.9 Å². The van der Waals surface area contributed by atoms with Gasteiger partial charge in [-0.1, -0.05) is 43.3 Å². The number of aliphatic imine (C=N–C) groups is 1. The Labute approximate surface area is 129 Å². The van der Waals surface area contributed by atoms with Crippen LogP contribution in [0.5, 0.6) is 0 Å². The number of nitrogens with zero attached hydrogens (tertiary/aromatic N) is 2. The normalized spacial score (nSPS) is 20.6. The molecule has 1 aliphatic heterocycles. The number of hydrazone groups is 1. The first-order valence-electron chi connectivity index (χ1n) is 7.40. The largest absolute Gasteiger partial charge is 0.360 e. The van der Waals surface area contributed by atoms with Crippen molar-refractivity contribution in [1.29, 1.82) is 0 Å². The van der Waals surface area contributed by atoms with Crippen LogP contribution in [0, 0.1) is 0 Å². The molecule has 1 aliphatic rings. The molecule has 2 N–H and O–H groups in total. The number of H-pyrrole nitrogens is 1. The summed E-state index contributed by atoms with van der Waals surface area (Å²) in [7, 11) is 0. The van der Waals surface area contributed by atoms with Crippen molar-refractivity contribution in [1.82, 2.24) is 10.4 Å². The molecule has 0 aliphatic carbocycles. The van der Waals surface area contributed by atoms with Crippen molar-refractivity contribution in [3.8, 4) is 0 Å². The minimum absolute atomic E-state index is 0.297. The first-order chi connectivity index (χ1) is 10.3. The minimum atomic E-state index is 0.297. The van der Waals surface area contributed by atoms with Crippen LogP contribution in [0.3, 0.4) is 0 Å². The molecule has 0 spiro atoms. The molecule has 0 amide bonds. The summed E-state index contributed by atoms with van der Waals surface area (Å²) >= 11 is 1.75. The van der Waals surface area contributed by atoms with Gasteiger partial charge in [0.1, 0.15) is 0 Å².